The van der Waals surface area contributed by atoms with Crippen LogP contribution in [-0.4, -0.2) is 9.97 Å². The average Bonchev–Trinajstić information content (AvgIpc) is 3.01. The second-order valence-corrected chi connectivity index (χ2v) is 8.73. The van der Waals surface area contributed by atoms with Gasteiger partial charge in [-0.25, -0.2) is 9.97 Å². The van der Waals surface area contributed by atoms with Crippen LogP contribution < -0.4 is 0 Å². The van der Waals surface area contributed by atoms with Crippen LogP contribution in [0.4, 0.5) is 0 Å². The van der Waals surface area contributed by atoms with Crippen molar-refractivity contribution in [1.29, 1.82) is 0 Å². The van der Waals surface area contributed by atoms with Crippen molar-refractivity contribution in [1.82, 2.24) is 9.97 Å². The van der Waals surface area contributed by atoms with E-state index in [0.29, 0.717) is 0 Å². The van der Waals surface area contributed by atoms with Crippen molar-refractivity contribution in [3.8, 4) is 22.3 Å². The Bertz CT molecular complexity index is 1800. The van der Waals surface area contributed by atoms with Crippen LogP contribution in [0.3, 0.4) is 0 Å². The number of hydrogen-bond donors (Lipinski definition) is 0. The zero-order valence-electron chi connectivity index (χ0n) is 22.4. The van der Waals surface area contributed by atoms with Gasteiger partial charge in [0.15, 0.2) is 0 Å². The first-order chi connectivity index (χ1) is 18.9. The number of aromatic nitrogens is 2. The molecule has 0 aliphatic rings. The second kappa shape index (κ2) is 11.2. The molecule has 186 valence electrons. The molecule has 0 spiro atoms. The maximum absolute atomic E-state index is 4.30. The van der Waals surface area contributed by atoms with E-state index >= 15 is 0 Å². The normalized spacial score (nSPS) is 10.6. The molecule has 2 nitrogen and oxygen atoms in total. The summed E-state index contributed by atoms with van der Waals surface area (Å²) in [5.41, 5.74) is 4.71. The number of benzene rings is 6. The van der Waals surface area contributed by atoms with Crippen LogP contribution in [0.5, 0.6) is 0 Å². The molecule has 0 aliphatic carbocycles. The van der Waals surface area contributed by atoms with Gasteiger partial charge >= 0.3 is 0 Å². The molecule has 1 heterocycles. The highest BCUT2D eigenvalue weighted by Gasteiger charge is 2.16. The van der Waals surface area contributed by atoms with E-state index in [2.05, 4.69) is 113 Å². The van der Waals surface area contributed by atoms with Gasteiger partial charge in [0.05, 0.1) is 0 Å². The van der Waals surface area contributed by atoms with Gasteiger partial charge < -0.3 is 0 Å². The summed E-state index contributed by atoms with van der Waals surface area (Å²) >= 11 is 0. The SMILES string of the molecule is CC.CC.c1ccc2cc3cc(-c4c5ccccc5c(-c5cncnc5)c5ccccc45)ccc3cc2c1. The molecule has 0 saturated carbocycles. The van der Waals surface area contributed by atoms with Crippen molar-refractivity contribution in [3.05, 3.63) is 122 Å². The van der Waals surface area contributed by atoms with Crippen LogP contribution >= 0.6 is 0 Å². The number of fused-ring (bicyclic) bond motifs is 4. The minimum absolute atomic E-state index is 1.03. The highest BCUT2D eigenvalue weighted by atomic mass is 14.8. The lowest BCUT2D eigenvalue weighted by Gasteiger charge is -2.17. The van der Waals surface area contributed by atoms with Gasteiger partial charge in [-0.3, -0.25) is 0 Å². The molecule has 0 unspecified atom stereocenters. The van der Waals surface area contributed by atoms with Gasteiger partial charge in [0, 0.05) is 23.5 Å². The van der Waals surface area contributed by atoms with Gasteiger partial charge in [-0.1, -0.05) is 113 Å². The fourth-order valence-electron chi connectivity index (χ4n) is 5.27. The Morgan fingerprint density at radius 1 is 0.395 bits per heavy atom. The lowest BCUT2D eigenvalue weighted by atomic mass is 9.86. The zero-order chi connectivity index (χ0) is 26.5. The fraction of sp³-hybridized carbons (Fsp3) is 0.111. The predicted octanol–water partition coefficient (Wildman–Crippen LogP) is 10.5. The summed E-state index contributed by atoms with van der Waals surface area (Å²) in [6.07, 6.45) is 5.39. The third-order valence-corrected chi connectivity index (χ3v) is 6.77. The smallest absolute Gasteiger partial charge is 0.115 e. The quantitative estimate of drug-likeness (QED) is 0.224. The number of nitrogens with zero attached hydrogens (tertiary/aromatic N) is 2. The first-order valence-corrected chi connectivity index (χ1v) is 13.5. The zero-order valence-corrected chi connectivity index (χ0v) is 22.4. The third-order valence-electron chi connectivity index (χ3n) is 6.77. The molecule has 7 rings (SSSR count). The van der Waals surface area contributed by atoms with Crippen molar-refractivity contribution in [2.75, 3.05) is 0 Å². The summed E-state index contributed by atoms with van der Waals surface area (Å²) in [4.78, 5) is 8.61. The van der Waals surface area contributed by atoms with Gasteiger partial charge in [-0.05, 0) is 72.4 Å². The van der Waals surface area contributed by atoms with E-state index in [-0.39, 0.29) is 0 Å². The second-order valence-electron chi connectivity index (χ2n) is 8.73. The van der Waals surface area contributed by atoms with Crippen molar-refractivity contribution < 1.29 is 0 Å². The Balaban J connectivity index is 0.000000704. The average molecular weight is 493 g/mol. The van der Waals surface area contributed by atoms with Crippen LogP contribution in [0.1, 0.15) is 27.7 Å². The molecule has 7 aromatic rings. The van der Waals surface area contributed by atoms with Crippen LogP contribution in [0.2, 0.25) is 0 Å². The summed E-state index contributed by atoms with van der Waals surface area (Å²) in [5, 5.41) is 9.95. The van der Waals surface area contributed by atoms with E-state index in [9.17, 15) is 0 Å². The molecule has 0 radical (unpaired) electrons. The van der Waals surface area contributed by atoms with Crippen molar-refractivity contribution in [3.63, 3.8) is 0 Å². The highest BCUT2D eigenvalue weighted by Crippen LogP contribution is 2.43. The van der Waals surface area contributed by atoms with Gasteiger partial charge in [0.2, 0.25) is 0 Å². The minimum Gasteiger partial charge on any atom is -0.244 e. The molecule has 0 aliphatic heterocycles. The largest absolute Gasteiger partial charge is 0.244 e. The van der Waals surface area contributed by atoms with Gasteiger partial charge in [-0.2, -0.15) is 0 Å². The van der Waals surface area contributed by atoms with E-state index < -0.39 is 0 Å². The van der Waals surface area contributed by atoms with Gasteiger partial charge in [0.1, 0.15) is 6.33 Å². The van der Waals surface area contributed by atoms with E-state index in [0.717, 1.165) is 5.56 Å². The van der Waals surface area contributed by atoms with Gasteiger partial charge in [0.25, 0.3) is 0 Å². The summed E-state index contributed by atoms with van der Waals surface area (Å²) in [6.45, 7) is 8.00. The molecule has 2 heteroatoms. The van der Waals surface area contributed by atoms with Crippen molar-refractivity contribution in [2.45, 2.75) is 27.7 Å². The summed E-state index contributed by atoms with van der Waals surface area (Å²) in [6, 6.07) is 37.3. The molecule has 6 aromatic carbocycles. The Morgan fingerprint density at radius 2 is 0.816 bits per heavy atom. The minimum atomic E-state index is 1.03. The Kier molecular flexibility index (Phi) is 7.42. The monoisotopic (exact) mass is 492 g/mol. The Hall–Kier alpha value is -4.56. The van der Waals surface area contributed by atoms with E-state index in [1.165, 1.54) is 59.8 Å². The molecular weight excluding hydrogens is 460 g/mol. The van der Waals surface area contributed by atoms with E-state index in [1.54, 1.807) is 6.33 Å². The Morgan fingerprint density at radius 3 is 1.34 bits per heavy atom. The number of rotatable bonds is 2. The van der Waals surface area contributed by atoms with Crippen LogP contribution in [0.15, 0.2) is 122 Å². The summed E-state index contributed by atoms with van der Waals surface area (Å²) in [7, 11) is 0. The first kappa shape index (κ1) is 25.1. The lowest BCUT2D eigenvalue weighted by molar-refractivity contribution is 1.17. The maximum atomic E-state index is 4.30. The molecule has 1 aromatic heterocycles. The lowest BCUT2D eigenvalue weighted by Crippen LogP contribution is -1.91. The van der Waals surface area contributed by atoms with E-state index in [4.69, 9.17) is 0 Å². The van der Waals surface area contributed by atoms with Crippen LogP contribution in [0, 0.1) is 0 Å². The van der Waals surface area contributed by atoms with Crippen molar-refractivity contribution >= 4 is 43.1 Å². The van der Waals surface area contributed by atoms with Gasteiger partial charge in [-0.15, -0.1) is 0 Å². The summed E-state index contributed by atoms with van der Waals surface area (Å²) in [5.74, 6) is 0. The topological polar surface area (TPSA) is 25.8 Å². The molecule has 0 atom stereocenters. The third kappa shape index (κ3) is 4.39. The first-order valence-electron chi connectivity index (χ1n) is 13.5. The molecule has 0 fully saturated rings. The molecular formula is C36H32N2. The summed E-state index contributed by atoms with van der Waals surface area (Å²) < 4.78 is 0. The standard InChI is InChI=1S/C32H20N2.2C2H6/c1-2-8-22-16-25-17-24(14-13-23(25)15-21(22)7-1)31-27-9-3-5-11-29(27)32(26-18-33-20-34-19-26)30-12-6-4-10-28(30)31;2*1-2/h1-20H;2*1-2H3. The molecule has 0 saturated heterocycles. The van der Waals surface area contributed by atoms with E-state index in [1.807, 2.05) is 40.1 Å². The van der Waals surface area contributed by atoms with Crippen LogP contribution in [0.25, 0.3) is 65.3 Å². The van der Waals surface area contributed by atoms with Crippen molar-refractivity contribution in [2.24, 2.45) is 0 Å². The Labute approximate surface area is 224 Å². The predicted molar refractivity (Wildman–Crippen MR) is 166 cm³/mol. The van der Waals surface area contributed by atoms with Crippen LogP contribution in [-0.2, 0) is 0 Å². The molecule has 38 heavy (non-hydrogen) atoms. The molecule has 0 bridgehead atoms. The fourth-order valence-corrected chi connectivity index (χ4v) is 5.27. The molecule has 0 amide bonds. The highest BCUT2D eigenvalue weighted by molar-refractivity contribution is 6.21. The molecule has 0 N–H and O–H groups in total. The maximum Gasteiger partial charge on any atom is 0.115 e. The number of hydrogen-bond acceptors (Lipinski definition) is 2.